The Morgan fingerprint density at radius 1 is 0.894 bits per heavy atom. The Labute approximate surface area is 276 Å². The number of hydrogen-bond donors (Lipinski definition) is 0. The number of alkyl halides is 3. The summed E-state index contributed by atoms with van der Waals surface area (Å²) in [6.07, 6.45) is 1.88. The first-order valence-corrected chi connectivity index (χ1v) is 21.9. The van der Waals surface area contributed by atoms with E-state index in [4.69, 9.17) is 4.74 Å². The number of aliphatic imine (C=N–C) groups is 1. The van der Waals surface area contributed by atoms with Crippen molar-refractivity contribution in [3.8, 4) is 5.75 Å². The number of hydrogen-bond acceptors (Lipinski definition) is 4. The summed E-state index contributed by atoms with van der Waals surface area (Å²) in [5.41, 5.74) is 0.202. The van der Waals surface area contributed by atoms with Crippen LogP contribution in [0.25, 0.3) is 0 Å². The van der Waals surface area contributed by atoms with Gasteiger partial charge in [0.05, 0.1) is 24.2 Å². The lowest BCUT2D eigenvalue weighted by atomic mass is 10.1. The van der Waals surface area contributed by atoms with Crippen molar-refractivity contribution in [3.63, 3.8) is 0 Å². The molecule has 0 spiro atoms. The van der Waals surface area contributed by atoms with Gasteiger partial charge >= 0.3 is 6.18 Å². The van der Waals surface area contributed by atoms with Gasteiger partial charge in [0, 0.05) is 27.8 Å². The predicted molar refractivity (Wildman–Crippen MR) is 185 cm³/mol. The molecule has 0 saturated heterocycles. The molecule has 6 nitrogen and oxygen atoms in total. The van der Waals surface area contributed by atoms with E-state index in [0.29, 0.717) is 24.0 Å². The fourth-order valence-corrected chi connectivity index (χ4v) is 9.43. The van der Waals surface area contributed by atoms with Crippen LogP contribution >= 0.6 is 0 Å². The molecule has 0 saturated carbocycles. The molecule has 0 aliphatic carbocycles. The monoisotopic (exact) mass is 689 g/mol. The third-order valence-electron chi connectivity index (χ3n) is 7.75. The zero-order chi connectivity index (χ0) is 34.8. The summed E-state index contributed by atoms with van der Waals surface area (Å²) in [6, 6.07) is 16.7. The van der Waals surface area contributed by atoms with E-state index in [1.54, 1.807) is 24.5 Å². The zero-order valence-corrected chi connectivity index (χ0v) is 30.1. The quantitative estimate of drug-likeness (QED) is 0.0503. The van der Waals surface area contributed by atoms with Crippen molar-refractivity contribution in [1.29, 1.82) is 0 Å². The molecule has 0 bridgehead atoms. The van der Waals surface area contributed by atoms with Gasteiger partial charge in [0.2, 0.25) is 0 Å². The first-order valence-electron chi connectivity index (χ1n) is 15.5. The lowest BCUT2D eigenvalue weighted by Gasteiger charge is -2.29. The zero-order valence-electron chi connectivity index (χ0n) is 28.1. The Kier molecular flexibility index (Phi) is 13.1. The maximum atomic E-state index is 13.4. The molecule has 13 heteroatoms. The number of benzene rings is 3. The largest absolute Gasteiger partial charge is 0.493 e. The smallest absolute Gasteiger partial charge is 0.420 e. The van der Waals surface area contributed by atoms with Gasteiger partial charge in [0.1, 0.15) is 38.1 Å². The molecule has 4 rings (SSSR count). The van der Waals surface area contributed by atoms with Gasteiger partial charge < -0.3 is 14.2 Å². The molecule has 4 aromatic rings. The van der Waals surface area contributed by atoms with Gasteiger partial charge in [-0.1, -0.05) is 66.9 Å². The van der Waals surface area contributed by atoms with Gasteiger partial charge in [-0.3, -0.25) is 0 Å². The minimum Gasteiger partial charge on any atom is -0.493 e. The summed E-state index contributed by atoms with van der Waals surface area (Å²) in [4.78, 5) is 5.97. The minimum absolute atomic E-state index is 0.108. The van der Waals surface area contributed by atoms with Crippen LogP contribution in [0.5, 0.6) is 5.75 Å². The highest BCUT2D eigenvalue weighted by Crippen LogP contribution is 2.40. The van der Waals surface area contributed by atoms with Gasteiger partial charge in [0.15, 0.2) is 0 Å². The molecular formula is C34H44F5N5OSi2. The maximum absolute atomic E-state index is 13.4. The molecule has 3 aromatic carbocycles. The average Bonchev–Trinajstić information content (AvgIpc) is 3.51. The fraction of sp³-hybridized carbons (Fsp3) is 0.382. The second-order valence-electron chi connectivity index (χ2n) is 12.9. The molecule has 0 fully saturated rings. The SMILES string of the molecule is CCN(C)C=Nc1cc(C(F)(F)F)c(OCCC[Si](C)(C)C)cc1C.C[Si](Cn1cnnc1)(c1ccc(F)cc1)c1ccc(F)cc1. The molecule has 1 heterocycles. The van der Waals surface area contributed by atoms with Gasteiger partial charge in [0.25, 0.3) is 0 Å². The standard InChI is InChI=1S/C18H29F3N2OSi.C16H15F2N3Si/c1-7-23(3)13-22-16-12-15(18(19,20)21)17(11-14(16)2)24-9-8-10-25(4,5)6;1-22(12-21-10-19-20-11-21,15-6-2-13(17)3-7-15)16-8-4-14(18)5-9-16/h11-13H,7-10H2,1-6H3;2-11H,12H2,1H3. The summed E-state index contributed by atoms with van der Waals surface area (Å²) >= 11 is 0. The molecule has 0 atom stereocenters. The predicted octanol–water partition coefficient (Wildman–Crippen LogP) is 7.72. The van der Waals surface area contributed by atoms with E-state index >= 15 is 0 Å². The topological polar surface area (TPSA) is 55.5 Å². The lowest BCUT2D eigenvalue weighted by Crippen LogP contribution is -2.59. The molecule has 47 heavy (non-hydrogen) atoms. The van der Waals surface area contributed by atoms with E-state index < -0.39 is 27.9 Å². The van der Waals surface area contributed by atoms with Crippen LogP contribution in [-0.2, 0) is 12.3 Å². The summed E-state index contributed by atoms with van der Waals surface area (Å²) in [6.45, 7) is 13.6. The van der Waals surface area contributed by atoms with Crippen LogP contribution in [0.4, 0.5) is 27.6 Å². The van der Waals surface area contributed by atoms with Gasteiger partial charge in [-0.05, 0) is 62.2 Å². The second kappa shape index (κ2) is 16.3. The van der Waals surface area contributed by atoms with Crippen molar-refractivity contribution in [2.75, 3.05) is 20.2 Å². The molecule has 254 valence electrons. The Hall–Kier alpha value is -3.85. The highest BCUT2D eigenvalue weighted by Gasteiger charge is 2.35. The van der Waals surface area contributed by atoms with Crippen LogP contribution in [0.15, 0.2) is 78.3 Å². The van der Waals surface area contributed by atoms with Crippen molar-refractivity contribution < 1.29 is 26.7 Å². The van der Waals surface area contributed by atoms with E-state index in [2.05, 4.69) is 41.4 Å². The first-order chi connectivity index (χ1) is 22.0. The summed E-state index contributed by atoms with van der Waals surface area (Å²) in [5, 5.41) is 9.83. The van der Waals surface area contributed by atoms with Crippen molar-refractivity contribution >= 4 is 38.5 Å². The molecule has 1 aromatic heterocycles. The minimum atomic E-state index is -4.47. The number of rotatable bonds is 12. The number of aryl methyl sites for hydroxylation is 1. The third kappa shape index (κ3) is 11.4. The van der Waals surface area contributed by atoms with Crippen LogP contribution in [-0.4, -0.2) is 62.3 Å². The van der Waals surface area contributed by atoms with Crippen LogP contribution in [0.1, 0.15) is 24.5 Å². The van der Waals surface area contributed by atoms with Crippen LogP contribution in [0.3, 0.4) is 0 Å². The van der Waals surface area contributed by atoms with Gasteiger partial charge in [-0.15, -0.1) is 10.2 Å². The van der Waals surface area contributed by atoms with E-state index in [1.165, 1.54) is 36.7 Å². The molecule has 0 aliphatic rings. The highest BCUT2D eigenvalue weighted by molar-refractivity contribution is 7.00. The Bertz CT molecular complexity index is 1530. The van der Waals surface area contributed by atoms with Crippen molar-refractivity contribution in [3.05, 3.63) is 96.1 Å². The Morgan fingerprint density at radius 2 is 1.43 bits per heavy atom. The average molecular weight is 690 g/mol. The highest BCUT2D eigenvalue weighted by atomic mass is 28.3. The van der Waals surface area contributed by atoms with Crippen LogP contribution < -0.4 is 15.1 Å². The molecule has 0 unspecified atom stereocenters. The summed E-state index contributed by atoms with van der Waals surface area (Å²) in [5.74, 6) is -0.629. The van der Waals surface area contributed by atoms with Crippen molar-refractivity contribution in [1.82, 2.24) is 19.7 Å². The molecule has 0 N–H and O–H groups in total. The van der Waals surface area contributed by atoms with E-state index in [1.807, 2.05) is 42.8 Å². The van der Waals surface area contributed by atoms with E-state index in [0.717, 1.165) is 35.4 Å². The van der Waals surface area contributed by atoms with Gasteiger partial charge in [-0.2, -0.15) is 13.2 Å². The summed E-state index contributed by atoms with van der Waals surface area (Å²) in [7, 11) is -1.60. The number of aromatic nitrogens is 3. The molecule has 0 aliphatic heterocycles. The third-order valence-corrected chi connectivity index (χ3v) is 13.8. The van der Waals surface area contributed by atoms with Gasteiger partial charge in [-0.25, -0.2) is 13.8 Å². The Balaban J connectivity index is 0.000000257. The van der Waals surface area contributed by atoms with E-state index in [9.17, 15) is 22.0 Å². The molecule has 0 amide bonds. The van der Waals surface area contributed by atoms with Crippen molar-refractivity contribution in [2.45, 2.75) is 64.8 Å². The lowest BCUT2D eigenvalue weighted by molar-refractivity contribution is -0.138. The Morgan fingerprint density at radius 3 is 1.89 bits per heavy atom. The maximum Gasteiger partial charge on any atom is 0.420 e. The second-order valence-corrected chi connectivity index (χ2v) is 22.7. The van der Waals surface area contributed by atoms with Crippen LogP contribution in [0.2, 0.25) is 32.2 Å². The fourth-order valence-electron chi connectivity index (χ4n) is 4.83. The number of ether oxygens (including phenoxy) is 1. The number of halogens is 5. The van der Waals surface area contributed by atoms with E-state index in [-0.39, 0.29) is 17.4 Å². The normalized spacial score (nSPS) is 12.2. The molecular weight excluding hydrogens is 646 g/mol. The van der Waals surface area contributed by atoms with Crippen molar-refractivity contribution in [2.24, 2.45) is 4.99 Å². The number of nitrogens with zero attached hydrogens (tertiary/aromatic N) is 5. The summed E-state index contributed by atoms with van der Waals surface area (Å²) < 4.78 is 74.1. The first kappa shape index (κ1) is 37.6. The van der Waals surface area contributed by atoms with Crippen LogP contribution in [0, 0.1) is 18.6 Å². The molecule has 0 radical (unpaired) electrons.